The molecule has 0 N–H and O–H groups in total. The molecular formula is C12H6Br4O. The van der Waals surface area contributed by atoms with Gasteiger partial charge >= 0.3 is 0 Å². The largest absolute Gasteiger partial charge is 0.454 e. The summed E-state index contributed by atoms with van der Waals surface area (Å²) in [6.07, 6.45) is 0. The molecule has 0 aliphatic rings. The van der Waals surface area contributed by atoms with Crippen LogP contribution in [0.25, 0.3) is 0 Å². The second-order valence-corrected chi connectivity index (χ2v) is 6.56. The first kappa shape index (κ1) is 13.6. The zero-order valence-electron chi connectivity index (χ0n) is 8.38. The lowest BCUT2D eigenvalue weighted by molar-refractivity contribution is 0.473. The van der Waals surface area contributed by atoms with E-state index in [-0.39, 0.29) is 0 Å². The van der Waals surface area contributed by atoms with Crippen LogP contribution in [0, 0.1) is 0 Å². The summed E-state index contributed by atoms with van der Waals surface area (Å²) in [4.78, 5) is 0. The Morgan fingerprint density at radius 2 is 1.24 bits per heavy atom. The van der Waals surface area contributed by atoms with Gasteiger partial charge in [-0.05, 0) is 88.0 Å². The summed E-state index contributed by atoms with van der Waals surface area (Å²) in [7, 11) is 0. The maximum absolute atomic E-state index is 5.88. The summed E-state index contributed by atoms with van der Waals surface area (Å²) in [5.74, 6) is 1.51. The molecule has 0 saturated heterocycles. The Hall–Kier alpha value is 0.160. The van der Waals surface area contributed by atoms with Crippen molar-refractivity contribution in [2.24, 2.45) is 0 Å². The fourth-order valence-corrected chi connectivity index (χ4v) is 3.11. The molecule has 0 radical (unpaired) electrons. The number of benzene rings is 2. The summed E-state index contributed by atoms with van der Waals surface area (Å²) in [6, 6.07) is 11.6. The van der Waals surface area contributed by atoms with Crippen LogP contribution in [0.1, 0.15) is 0 Å². The van der Waals surface area contributed by atoms with E-state index in [0.29, 0.717) is 0 Å². The molecular weight excluding hydrogens is 480 g/mol. The Morgan fingerprint density at radius 3 is 1.88 bits per heavy atom. The van der Waals surface area contributed by atoms with Crippen molar-refractivity contribution >= 4 is 63.7 Å². The van der Waals surface area contributed by atoms with Crippen LogP contribution in [-0.4, -0.2) is 0 Å². The molecule has 0 unspecified atom stereocenters. The average molecular weight is 486 g/mol. The molecule has 5 heteroatoms. The Labute approximate surface area is 133 Å². The first-order chi connectivity index (χ1) is 8.09. The van der Waals surface area contributed by atoms with Gasteiger partial charge in [0.1, 0.15) is 5.75 Å². The van der Waals surface area contributed by atoms with Crippen LogP contribution < -0.4 is 4.74 Å². The van der Waals surface area contributed by atoms with E-state index < -0.39 is 0 Å². The third-order valence-corrected chi connectivity index (χ3v) is 5.31. The van der Waals surface area contributed by atoms with Gasteiger partial charge in [-0.25, -0.2) is 0 Å². The van der Waals surface area contributed by atoms with Crippen molar-refractivity contribution in [3.05, 3.63) is 54.3 Å². The topological polar surface area (TPSA) is 9.23 Å². The second kappa shape index (κ2) is 5.87. The smallest absolute Gasteiger partial charge is 0.155 e. The minimum atomic E-state index is 0.756. The molecule has 0 aliphatic carbocycles. The van der Waals surface area contributed by atoms with Crippen molar-refractivity contribution in [2.45, 2.75) is 0 Å². The molecule has 0 aromatic heterocycles. The summed E-state index contributed by atoms with van der Waals surface area (Å²) in [5.41, 5.74) is 0. The molecule has 1 nitrogen and oxygen atoms in total. The van der Waals surface area contributed by atoms with E-state index in [9.17, 15) is 0 Å². The molecule has 0 bridgehead atoms. The van der Waals surface area contributed by atoms with Gasteiger partial charge in [0, 0.05) is 4.47 Å². The van der Waals surface area contributed by atoms with E-state index in [4.69, 9.17) is 4.74 Å². The Bertz CT molecular complexity index is 534. The summed E-state index contributed by atoms with van der Waals surface area (Å²) < 4.78 is 9.53. The van der Waals surface area contributed by atoms with Crippen molar-refractivity contribution in [3.8, 4) is 11.5 Å². The van der Waals surface area contributed by atoms with Crippen molar-refractivity contribution < 1.29 is 4.74 Å². The van der Waals surface area contributed by atoms with Crippen LogP contribution in [0.3, 0.4) is 0 Å². The van der Waals surface area contributed by atoms with Crippen LogP contribution in [0.5, 0.6) is 11.5 Å². The molecule has 0 fully saturated rings. The lowest BCUT2D eigenvalue weighted by Crippen LogP contribution is -1.88. The average Bonchev–Trinajstić information content (AvgIpc) is 2.29. The van der Waals surface area contributed by atoms with Crippen LogP contribution in [-0.2, 0) is 0 Å². The minimum absolute atomic E-state index is 0.756. The fourth-order valence-electron chi connectivity index (χ4n) is 1.25. The third kappa shape index (κ3) is 3.13. The fraction of sp³-hybridized carbons (Fsp3) is 0. The maximum atomic E-state index is 5.88. The van der Waals surface area contributed by atoms with Crippen molar-refractivity contribution in [3.63, 3.8) is 0 Å². The molecule has 0 saturated carbocycles. The van der Waals surface area contributed by atoms with Gasteiger partial charge in [0.25, 0.3) is 0 Å². The number of rotatable bonds is 2. The first-order valence-electron chi connectivity index (χ1n) is 4.65. The number of hydrogen-bond donors (Lipinski definition) is 0. The number of halogens is 4. The molecule has 2 rings (SSSR count). The quantitative estimate of drug-likeness (QED) is 0.470. The summed E-state index contributed by atoms with van der Waals surface area (Å²) in [6.45, 7) is 0. The van der Waals surface area contributed by atoms with Gasteiger partial charge < -0.3 is 4.74 Å². The number of para-hydroxylation sites is 1. The Balaban J connectivity index is 2.42. The Morgan fingerprint density at radius 1 is 0.706 bits per heavy atom. The van der Waals surface area contributed by atoms with E-state index in [2.05, 4.69) is 63.7 Å². The lowest BCUT2D eigenvalue weighted by atomic mass is 10.3. The van der Waals surface area contributed by atoms with Gasteiger partial charge in [0.05, 0.1) is 13.4 Å². The zero-order valence-corrected chi connectivity index (χ0v) is 14.7. The number of ether oxygens (including phenoxy) is 1. The van der Waals surface area contributed by atoms with Crippen molar-refractivity contribution in [2.75, 3.05) is 0 Å². The molecule has 88 valence electrons. The SMILES string of the molecule is Brc1cccc(Oc2c(Br)cccc2Br)c1Br. The predicted molar refractivity (Wildman–Crippen MR) is 83.8 cm³/mol. The van der Waals surface area contributed by atoms with Gasteiger partial charge in [-0.3, -0.25) is 0 Å². The van der Waals surface area contributed by atoms with Crippen LogP contribution in [0.15, 0.2) is 54.3 Å². The highest BCUT2D eigenvalue weighted by atomic mass is 79.9. The molecule has 2 aromatic rings. The zero-order chi connectivity index (χ0) is 12.4. The molecule has 0 amide bonds. The third-order valence-electron chi connectivity index (χ3n) is 2.05. The normalized spacial score (nSPS) is 10.4. The molecule has 0 aliphatic heterocycles. The lowest BCUT2D eigenvalue weighted by Gasteiger charge is -2.11. The van der Waals surface area contributed by atoms with Crippen molar-refractivity contribution in [1.29, 1.82) is 0 Å². The van der Waals surface area contributed by atoms with Gasteiger partial charge in [0.2, 0.25) is 0 Å². The number of hydrogen-bond acceptors (Lipinski definition) is 1. The van der Waals surface area contributed by atoms with E-state index in [1.807, 2.05) is 36.4 Å². The van der Waals surface area contributed by atoms with Crippen LogP contribution >= 0.6 is 63.7 Å². The molecule has 0 spiro atoms. The van der Waals surface area contributed by atoms with Crippen LogP contribution in [0.2, 0.25) is 0 Å². The van der Waals surface area contributed by atoms with Gasteiger partial charge in [-0.2, -0.15) is 0 Å². The highest BCUT2D eigenvalue weighted by Crippen LogP contribution is 2.40. The van der Waals surface area contributed by atoms with E-state index >= 15 is 0 Å². The predicted octanol–water partition coefficient (Wildman–Crippen LogP) is 6.53. The molecule has 0 heterocycles. The van der Waals surface area contributed by atoms with Gasteiger partial charge in [0.15, 0.2) is 5.75 Å². The highest BCUT2D eigenvalue weighted by Gasteiger charge is 2.10. The van der Waals surface area contributed by atoms with Gasteiger partial charge in [-0.15, -0.1) is 0 Å². The maximum Gasteiger partial charge on any atom is 0.155 e. The van der Waals surface area contributed by atoms with E-state index in [1.165, 1.54) is 0 Å². The van der Waals surface area contributed by atoms with E-state index in [1.54, 1.807) is 0 Å². The summed E-state index contributed by atoms with van der Waals surface area (Å²) in [5, 5.41) is 0. The minimum Gasteiger partial charge on any atom is -0.454 e. The monoisotopic (exact) mass is 482 g/mol. The molecule has 2 aromatic carbocycles. The molecule has 17 heavy (non-hydrogen) atoms. The van der Waals surface area contributed by atoms with Crippen LogP contribution in [0.4, 0.5) is 0 Å². The van der Waals surface area contributed by atoms with E-state index in [0.717, 1.165) is 29.4 Å². The first-order valence-corrected chi connectivity index (χ1v) is 7.82. The second-order valence-electron chi connectivity index (χ2n) is 3.20. The highest BCUT2D eigenvalue weighted by molar-refractivity contribution is 9.13. The Kier molecular flexibility index (Phi) is 4.69. The van der Waals surface area contributed by atoms with Crippen molar-refractivity contribution in [1.82, 2.24) is 0 Å². The molecule has 0 atom stereocenters. The summed E-state index contributed by atoms with van der Waals surface area (Å²) >= 11 is 13.9. The van der Waals surface area contributed by atoms with Gasteiger partial charge in [-0.1, -0.05) is 12.1 Å². The standard InChI is InChI=1S/C12H6Br4O/c13-7-3-2-6-10(11(7)16)17-12-8(14)4-1-5-9(12)15/h1-6H.